The predicted octanol–water partition coefficient (Wildman–Crippen LogP) is 3.48. The monoisotopic (exact) mass is 397 g/mol. The molecule has 0 aliphatic carbocycles. The third-order valence-electron chi connectivity index (χ3n) is 5.13. The zero-order valence-electron chi connectivity index (χ0n) is 18.0. The Labute approximate surface area is 171 Å². The number of hydrogen-bond donors (Lipinski definition) is 4. The van der Waals surface area contributed by atoms with Gasteiger partial charge in [-0.25, -0.2) is 4.98 Å². The van der Waals surface area contributed by atoms with E-state index in [2.05, 4.69) is 39.4 Å². The van der Waals surface area contributed by atoms with Crippen molar-refractivity contribution in [2.75, 3.05) is 16.4 Å². The van der Waals surface area contributed by atoms with Crippen LogP contribution >= 0.6 is 0 Å². The number of aliphatic hydroxyl groups is 1. The van der Waals surface area contributed by atoms with Crippen molar-refractivity contribution < 1.29 is 5.11 Å². The first-order valence-corrected chi connectivity index (χ1v) is 9.88. The maximum absolute atomic E-state index is 10.3. The second-order valence-corrected chi connectivity index (χ2v) is 8.39. The van der Waals surface area contributed by atoms with Crippen LogP contribution in [0.15, 0.2) is 24.5 Å². The zero-order valence-corrected chi connectivity index (χ0v) is 18.0. The average Bonchev–Trinajstić information content (AvgIpc) is 3.04. The molecule has 0 aliphatic rings. The molecular weight excluding hydrogens is 366 g/mol. The number of nitrogens with one attached hydrogen (secondary N) is 2. The normalized spacial score (nSPS) is 13.1. The highest BCUT2D eigenvalue weighted by atomic mass is 16.3. The fraction of sp³-hybridized carbons (Fsp3) is 0.476. The Hall–Kier alpha value is -2.87. The van der Waals surface area contributed by atoms with E-state index in [9.17, 15) is 5.11 Å². The lowest BCUT2D eigenvalue weighted by Crippen LogP contribution is -2.39. The summed E-state index contributed by atoms with van der Waals surface area (Å²) in [5.74, 6) is 1.06. The first kappa shape index (κ1) is 20.9. The molecule has 8 nitrogen and oxygen atoms in total. The molecular formula is C21H31N7O. The van der Waals surface area contributed by atoms with Crippen LogP contribution in [-0.2, 0) is 6.54 Å². The van der Waals surface area contributed by atoms with Gasteiger partial charge in [0.15, 0.2) is 17.0 Å². The number of nitrogen functional groups attached to an aromatic ring is 1. The van der Waals surface area contributed by atoms with E-state index in [-0.39, 0.29) is 12.1 Å². The van der Waals surface area contributed by atoms with Gasteiger partial charge in [-0.05, 0) is 58.7 Å². The van der Waals surface area contributed by atoms with Crippen molar-refractivity contribution in [3.63, 3.8) is 0 Å². The smallest absolute Gasteiger partial charge is 0.227 e. The SMILES string of the molecule is Cc1ccc(CNc2nc(NC(C)C(C)(C)O)nc3c2ncn3C(C)C)c(N)c1. The van der Waals surface area contributed by atoms with Crippen LogP contribution in [0.5, 0.6) is 0 Å². The topological polar surface area (TPSA) is 114 Å². The Morgan fingerprint density at radius 1 is 1.21 bits per heavy atom. The number of nitrogens with zero attached hydrogens (tertiary/aromatic N) is 4. The highest BCUT2D eigenvalue weighted by molar-refractivity contribution is 5.84. The second-order valence-electron chi connectivity index (χ2n) is 8.39. The maximum Gasteiger partial charge on any atom is 0.227 e. The molecule has 3 rings (SSSR count). The molecule has 0 bridgehead atoms. The standard InChI is InChI=1S/C21H31N7O/c1-12(2)28-11-24-17-18(23-10-15-8-7-13(3)9-16(15)22)26-20(27-19(17)28)25-14(4)21(5,6)29/h7-9,11-12,14,29H,10,22H2,1-6H3,(H2,23,25,26,27). The number of nitrogens with two attached hydrogens (primary N) is 1. The molecule has 0 saturated heterocycles. The molecule has 0 fully saturated rings. The lowest BCUT2D eigenvalue weighted by atomic mass is 10.0. The van der Waals surface area contributed by atoms with Crippen molar-refractivity contribution in [2.24, 2.45) is 0 Å². The van der Waals surface area contributed by atoms with Crippen LogP contribution in [0.4, 0.5) is 17.5 Å². The van der Waals surface area contributed by atoms with E-state index in [1.165, 1.54) is 0 Å². The van der Waals surface area contributed by atoms with Gasteiger partial charge in [0, 0.05) is 18.3 Å². The van der Waals surface area contributed by atoms with E-state index in [4.69, 9.17) is 5.73 Å². The van der Waals surface area contributed by atoms with Gasteiger partial charge in [0.05, 0.1) is 18.0 Å². The van der Waals surface area contributed by atoms with Gasteiger partial charge in [0.25, 0.3) is 0 Å². The van der Waals surface area contributed by atoms with Gasteiger partial charge in [-0.15, -0.1) is 0 Å². The molecule has 156 valence electrons. The Morgan fingerprint density at radius 3 is 2.55 bits per heavy atom. The van der Waals surface area contributed by atoms with Gasteiger partial charge in [-0.2, -0.15) is 9.97 Å². The molecule has 0 radical (unpaired) electrons. The number of anilines is 3. The number of benzene rings is 1. The van der Waals surface area contributed by atoms with Gasteiger partial charge >= 0.3 is 0 Å². The Balaban J connectivity index is 1.97. The van der Waals surface area contributed by atoms with Crippen LogP contribution in [0.3, 0.4) is 0 Å². The van der Waals surface area contributed by atoms with Crippen molar-refractivity contribution in [3.8, 4) is 0 Å². The number of imidazole rings is 1. The molecule has 1 aromatic carbocycles. The summed E-state index contributed by atoms with van der Waals surface area (Å²) >= 11 is 0. The summed E-state index contributed by atoms with van der Waals surface area (Å²) in [5.41, 5.74) is 9.53. The third-order valence-corrected chi connectivity index (χ3v) is 5.13. The van der Waals surface area contributed by atoms with Gasteiger partial charge < -0.3 is 26.0 Å². The molecule has 2 aromatic heterocycles. The highest BCUT2D eigenvalue weighted by Crippen LogP contribution is 2.25. The Bertz CT molecular complexity index is 1000. The minimum atomic E-state index is -0.916. The van der Waals surface area contributed by atoms with Gasteiger partial charge in [0.2, 0.25) is 5.95 Å². The molecule has 3 aromatic rings. The number of rotatable bonds is 7. The summed E-state index contributed by atoms with van der Waals surface area (Å²) in [6.07, 6.45) is 1.78. The fourth-order valence-corrected chi connectivity index (χ4v) is 2.91. The van der Waals surface area contributed by atoms with E-state index >= 15 is 0 Å². The summed E-state index contributed by atoms with van der Waals surface area (Å²) in [7, 11) is 0. The summed E-state index contributed by atoms with van der Waals surface area (Å²) < 4.78 is 2.00. The molecule has 0 spiro atoms. The highest BCUT2D eigenvalue weighted by Gasteiger charge is 2.24. The van der Waals surface area contributed by atoms with Gasteiger partial charge in [-0.3, -0.25) is 0 Å². The largest absolute Gasteiger partial charge is 0.398 e. The molecule has 5 N–H and O–H groups in total. The predicted molar refractivity (Wildman–Crippen MR) is 118 cm³/mol. The minimum absolute atomic E-state index is 0.204. The van der Waals surface area contributed by atoms with E-state index in [0.717, 1.165) is 22.5 Å². The van der Waals surface area contributed by atoms with E-state index in [0.29, 0.717) is 23.8 Å². The van der Waals surface area contributed by atoms with Crippen LogP contribution in [0.25, 0.3) is 11.2 Å². The average molecular weight is 398 g/mol. The van der Waals surface area contributed by atoms with E-state index in [1.54, 1.807) is 20.2 Å². The second kappa shape index (κ2) is 7.87. The summed E-state index contributed by atoms with van der Waals surface area (Å²) in [5, 5.41) is 16.8. The summed E-state index contributed by atoms with van der Waals surface area (Å²) in [4.78, 5) is 13.8. The molecule has 0 saturated carbocycles. The first-order chi connectivity index (χ1) is 13.6. The summed E-state index contributed by atoms with van der Waals surface area (Å²) in [6.45, 7) is 12.1. The van der Waals surface area contributed by atoms with E-state index < -0.39 is 5.60 Å². The Morgan fingerprint density at radius 2 is 1.93 bits per heavy atom. The summed E-state index contributed by atoms with van der Waals surface area (Å²) in [6, 6.07) is 5.97. The van der Waals surface area contributed by atoms with Crippen LogP contribution in [0.1, 0.15) is 51.8 Å². The third kappa shape index (κ3) is 4.59. The number of fused-ring (bicyclic) bond motifs is 1. The lowest BCUT2D eigenvalue weighted by Gasteiger charge is -2.26. The minimum Gasteiger partial charge on any atom is -0.398 e. The molecule has 1 atom stereocenters. The maximum atomic E-state index is 10.3. The lowest BCUT2D eigenvalue weighted by molar-refractivity contribution is 0.0646. The molecule has 29 heavy (non-hydrogen) atoms. The van der Waals surface area contributed by atoms with Crippen LogP contribution < -0.4 is 16.4 Å². The molecule has 1 unspecified atom stereocenters. The zero-order chi connectivity index (χ0) is 21.3. The van der Waals surface area contributed by atoms with Crippen LogP contribution in [0.2, 0.25) is 0 Å². The first-order valence-electron chi connectivity index (χ1n) is 9.88. The fourth-order valence-electron chi connectivity index (χ4n) is 2.91. The van der Waals surface area contributed by atoms with Crippen molar-refractivity contribution in [1.82, 2.24) is 19.5 Å². The molecule has 2 heterocycles. The van der Waals surface area contributed by atoms with Crippen molar-refractivity contribution in [3.05, 3.63) is 35.7 Å². The van der Waals surface area contributed by atoms with Crippen LogP contribution in [-0.4, -0.2) is 36.3 Å². The van der Waals surface area contributed by atoms with E-state index in [1.807, 2.05) is 36.6 Å². The number of aryl methyl sites for hydroxylation is 1. The molecule has 0 amide bonds. The quantitative estimate of drug-likeness (QED) is 0.451. The van der Waals surface area contributed by atoms with Crippen molar-refractivity contribution in [2.45, 2.75) is 65.8 Å². The van der Waals surface area contributed by atoms with Gasteiger partial charge in [-0.1, -0.05) is 12.1 Å². The van der Waals surface area contributed by atoms with Crippen molar-refractivity contribution >= 4 is 28.6 Å². The molecule has 8 heteroatoms. The molecule has 0 aliphatic heterocycles. The Kier molecular flexibility index (Phi) is 5.66. The number of hydrogen-bond acceptors (Lipinski definition) is 7. The van der Waals surface area contributed by atoms with Gasteiger partial charge in [0.1, 0.15) is 0 Å². The van der Waals surface area contributed by atoms with Crippen molar-refractivity contribution in [1.29, 1.82) is 0 Å². The van der Waals surface area contributed by atoms with Crippen LogP contribution in [0, 0.1) is 6.92 Å². The number of aromatic nitrogens is 4.